The van der Waals surface area contributed by atoms with E-state index in [0.29, 0.717) is 30.4 Å². The Hall–Kier alpha value is -4.47. The molecule has 0 unspecified atom stereocenters. The summed E-state index contributed by atoms with van der Waals surface area (Å²) in [6, 6.07) is 10.5. The van der Waals surface area contributed by atoms with Gasteiger partial charge in [0.15, 0.2) is 0 Å². The predicted octanol–water partition coefficient (Wildman–Crippen LogP) is 4.86. The number of carbonyl (C=O) groups excluding carboxylic acids is 1. The molecule has 0 fully saturated rings. The van der Waals surface area contributed by atoms with Crippen molar-refractivity contribution < 1.29 is 23.4 Å². The first-order chi connectivity index (χ1) is 16.9. The molecule has 0 saturated heterocycles. The van der Waals surface area contributed by atoms with Crippen molar-refractivity contribution in [3.8, 4) is 34.4 Å². The van der Waals surface area contributed by atoms with Crippen LogP contribution in [0.1, 0.15) is 24.2 Å². The zero-order valence-corrected chi connectivity index (χ0v) is 19.5. The first-order valence-corrected chi connectivity index (χ1v) is 11.0. The molecule has 0 bridgehead atoms. The summed E-state index contributed by atoms with van der Waals surface area (Å²) in [7, 11) is 1.81. The van der Waals surface area contributed by atoms with E-state index in [0.717, 1.165) is 5.56 Å². The van der Waals surface area contributed by atoms with Crippen LogP contribution in [0.2, 0.25) is 0 Å². The van der Waals surface area contributed by atoms with Crippen molar-refractivity contribution in [2.45, 2.75) is 13.8 Å². The zero-order valence-electron chi connectivity index (χ0n) is 19.5. The molecule has 10 heteroatoms. The van der Waals surface area contributed by atoms with Crippen LogP contribution < -0.4 is 19.5 Å². The number of carbonyl (C=O) groups is 1. The third kappa shape index (κ3) is 5.91. The standard InChI is InChI=1S/C25H24FN5O4/c1-4-33-19-8-16(9-20(10-19)34-5-2)25(32)30-23-11-18(6-7-21(23)26)35-24-12-22(27-15-28-24)17-13-29-31(3)14-17/h6-15H,4-5H2,1-3H3,(H,30,32). The van der Waals surface area contributed by atoms with E-state index in [1.807, 2.05) is 20.0 Å². The van der Waals surface area contributed by atoms with Gasteiger partial charge in [-0.05, 0) is 38.1 Å². The van der Waals surface area contributed by atoms with E-state index < -0.39 is 11.7 Å². The van der Waals surface area contributed by atoms with Crippen molar-refractivity contribution in [1.29, 1.82) is 0 Å². The maximum atomic E-state index is 14.5. The Balaban J connectivity index is 1.54. The molecule has 2 heterocycles. The van der Waals surface area contributed by atoms with Crippen molar-refractivity contribution in [3.63, 3.8) is 0 Å². The lowest BCUT2D eigenvalue weighted by molar-refractivity contribution is 0.102. The average molecular weight is 477 g/mol. The van der Waals surface area contributed by atoms with Crippen molar-refractivity contribution in [2.24, 2.45) is 7.05 Å². The van der Waals surface area contributed by atoms with Crippen LogP contribution in [0.5, 0.6) is 23.1 Å². The lowest BCUT2D eigenvalue weighted by atomic mass is 10.1. The second kappa shape index (κ2) is 10.6. The van der Waals surface area contributed by atoms with Crippen molar-refractivity contribution in [3.05, 3.63) is 72.6 Å². The second-order valence-corrected chi connectivity index (χ2v) is 7.40. The highest BCUT2D eigenvalue weighted by atomic mass is 19.1. The smallest absolute Gasteiger partial charge is 0.256 e. The molecule has 0 saturated carbocycles. The Bertz CT molecular complexity index is 1320. The van der Waals surface area contributed by atoms with Gasteiger partial charge in [-0.1, -0.05) is 0 Å². The number of anilines is 1. The summed E-state index contributed by atoms with van der Waals surface area (Å²) in [6.45, 7) is 4.53. The maximum absolute atomic E-state index is 14.5. The number of nitrogens with one attached hydrogen (secondary N) is 1. The van der Waals surface area contributed by atoms with E-state index in [-0.39, 0.29) is 22.9 Å². The highest BCUT2D eigenvalue weighted by molar-refractivity contribution is 6.05. The summed E-state index contributed by atoms with van der Waals surface area (Å²) in [4.78, 5) is 21.2. The van der Waals surface area contributed by atoms with Gasteiger partial charge in [0, 0.05) is 42.6 Å². The monoisotopic (exact) mass is 477 g/mol. The maximum Gasteiger partial charge on any atom is 0.256 e. The molecule has 0 aliphatic heterocycles. The van der Waals surface area contributed by atoms with Gasteiger partial charge in [-0.25, -0.2) is 14.4 Å². The third-order valence-electron chi connectivity index (χ3n) is 4.82. The number of aromatic nitrogens is 4. The molecular formula is C25H24FN5O4. The lowest BCUT2D eigenvalue weighted by Crippen LogP contribution is -2.13. The first kappa shape index (κ1) is 23.7. The van der Waals surface area contributed by atoms with Crippen LogP contribution >= 0.6 is 0 Å². The number of halogens is 1. The average Bonchev–Trinajstić information content (AvgIpc) is 3.28. The highest BCUT2D eigenvalue weighted by Crippen LogP contribution is 2.28. The molecule has 4 rings (SSSR count). The normalized spacial score (nSPS) is 10.6. The number of hydrogen-bond donors (Lipinski definition) is 1. The summed E-state index contributed by atoms with van der Waals surface area (Å²) in [6.07, 6.45) is 4.86. The van der Waals surface area contributed by atoms with Crippen LogP contribution in [-0.2, 0) is 7.05 Å². The molecule has 4 aromatic rings. The van der Waals surface area contributed by atoms with Crippen LogP contribution in [0.15, 0.2) is 61.2 Å². The predicted molar refractivity (Wildman–Crippen MR) is 127 cm³/mol. The van der Waals surface area contributed by atoms with E-state index in [1.165, 1.54) is 24.5 Å². The van der Waals surface area contributed by atoms with Crippen LogP contribution in [0, 0.1) is 5.82 Å². The molecule has 0 aliphatic rings. The molecule has 0 spiro atoms. The van der Waals surface area contributed by atoms with E-state index in [2.05, 4.69) is 20.4 Å². The second-order valence-electron chi connectivity index (χ2n) is 7.40. The number of hydrogen-bond acceptors (Lipinski definition) is 7. The fraction of sp³-hybridized carbons (Fsp3) is 0.200. The molecule has 0 aliphatic carbocycles. The number of amides is 1. The lowest BCUT2D eigenvalue weighted by Gasteiger charge is -2.12. The van der Waals surface area contributed by atoms with Crippen LogP contribution in [-0.4, -0.2) is 38.9 Å². The molecule has 180 valence electrons. The SMILES string of the molecule is CCOc1cc(OCC)cc(C(=O)Nc2cc(Oc3cc(-c4cnn(C)c4)ncn3)ccc2F)c1. The van der Waals surface area contributed by atoms with Gasteiger partial charge < -0.3 is 19.5 Å². The summed E-state index contributed by atoms with van der Waals surface area (Å²) in [5.41, 5.74) is 1.64. The number of ether oxygens (including phenoxy) is 3. The van der Waals surface area contributed by atoms with Crippen LogP contribution in [0.4, 0.5) is 10.1 Å². The van der Waals surface area contributed by atoms with Gasteiger partial charge in [0.05, 0.1) is 30.8 Å². The number of rotatable bonds is 9. The van der Waals surface area contributed by atoms with E-state index in [9.17, 15) is 9.18 Å². The van der Waals surface area contributed by atoms with Crippen molar-refractivity contribution >= 4 is 11.6 Å². The Kier molecular flexibility index (Phi) is 7.20. The summed E-state index contributed by atoms with van der Waals surface area (Å²) < 4.78 is 33.0. The molecular weight excluding hydrogens is 453 g/mol. The third-order valence-corrected chi connectivity index (χ3v) is 4.82. The fourth-order valence-electron chi connectivity index (χ4n) is 3.29. The minimum absolute atomic E-state index is 0.0474. The molecule has 35 heavy (non-hydrogen) atoms. The van der Waals surface area contributed by atoms with Gasteiger partial charge in [-0.2, -0.15) is 5.10 Å². The van der Waals surface area contributed by atoms with Crippen LogP contribution in [0.25, 0.3) is 11.3 Å². The molecule has 0 atom stereocenters. The number of aryl methyl sites for hydroxylation is 1. The zero-order chi connectivity index (χ0) is 24.8. The molecule has 1 amide bonds. The van der Waals surface area contributed by atoms with Gasteiger partial charge >= 0.3 is 0 Å². The van der Waals surface area contributed by atoms with E-state index in [1.54, 1.807) is 42.2 Å². The van der Waals surface area contributed by atoms with Gasteiger partial charge in [0.1, 0.15) is 29.4 Å². The molecule has 0 radical (unpaired) electrons. The van der Waals surface area contributed by atoms with E-state index >= 15 is 0 Å². The summed E-state index contributed by atoms with van der Waals surface area (Å²) in [5.74, 6) is 0.368. The van der Waals surface area contributed by atoms with E-state index in [4.69, 9.17) is 14.2 Å². The molecule has 2 aromatic heterocycles. The highest BCUT2D eigenvalue weighted by Gasteiger charge is 2.14. The summed E-state index contributed by atoms with van der Waals surface area (Å²) >= 11 is 0. The minimum Gasteiger partial charge on any atom is -0.494 e. The van der Waals surface area contributed by atoms with Crippen molar-refractivity contribution in [1.82, 2.24) is 19.7 Å². The number of benzene rings is 2. The Morgan fingerprint density at radius 2 is 1.74 bits per heavy atom. The van der Waals surface area contributed by atoms with Gasteiger partial charge in [-0.3, -0.25) is 9.48 Å². The quantitative estimate of drug-likeness (QED) is 0.367. The van der Waals surface area contributed by atoms with Gasteiger partial charge in [0.2, 0.25) is 5.88 Å². The molecule has 1 N–H and O–H groups in total. The molecule has 2 aromatic carbocycles. The van der Waals surface area contributed by atoms with Crippen LogP contribution in [0.3, 0.4) is 0 Å². The first-order valence-electron chi connectivity index (χ1n) is 11.0. The Morgan fingerprint density at radius 1 is 1.00 bits per heavy atom. The molecule has 9 nitrogen and oxygen atoms in total. The minimum atomic E-state index is -0.615. The summed E-state index contributed by atoms with van der Waals surface area (Å²) in [5, 5.41) is 6.71. The Morgan fingerprint density at radius 3 is 2.40 bits per heavy atom. The van der Waals surface area contributed by atoms with Gasteiger partial charge in [-0.15, -0.1) is 0 Å². The van der Waals surface area contributed by atoms with Crippen molar-refractivity contribution in [2.75, 3.05) is 18.5 Å². The fourth-order valence-corrected chi connectivity index (χ4v) is 3.29. The van der Waals surface area contributed by atoms with Gasteiger partial charge in [0.25, 0.3) is 5.91 Å². The number of nitrogens with zero attached hydrogens (tertiary/aromatic N) is 4. The Labute approximate surface area is 201 Å². The largest absolute Gasteiger partial charge is 0.494 e. The topological polar surface area (TPSA) is 100 Å².